The van der Waals surface area contributed by atoms with Gasteiger partial charge in [0, 0.05) is 24.3 Å². The minimum atomic E-state index is -3.63. The SMILES string of the molecule is O=S(=O)(/C=C/c1ccccc1)N(Cc1cccnc1)Cc1ccco1. The second kappa shape index (κ2) is 7.92. The van der Waals surface area contributed by atoms with E-state index in [0.29, 0.717) is 5.76 Å². The fraction of sp³-hybridized carbons (Fsp3) is 0.105. The lowest BCUT2D eigenvalue weighted by molar-refractivity contribution is 0.362. The van der Waals surface area contributed by atoms with Crippen molar-refractivity contribution in [2.75, 3.05) is 0 Å². The van der Waals surface area contributed by atoms with Gasteiger partial charge in [0.15, 0.2) is 0 Å². The highest BCUT2D eigenvalue weighted by molar-refractivity contribution is 7.92. The monoisotopic (exact) mass is 354 g/mol. The highest BCUT2D eigenvalue weighted by Crippen LogP contribution is 2.16. The molecule has 0 unspecified atom stereocenters. The fourth-order valence-corrected chi connectivity index (χ4v) is 3.46. The Morgan fingerprint density at radius 3 is 2.52 bits per heavy atom. The van der Waals surface area contributed by atoms with Crippen LogP contribution in [0.4, 0.5) is 0 Å². The van der Waals surface area contributed by atoms with E-state index >= 15 is 0 Å². The Kier molecular flexibility index (Phi) is 5.42. The van der Waals surface area contributed by atoms with E-state index in [0.717, 1.165) is 11.1 Å². The molecule has 0 atom stereocenters. The minimum absolute atomic E-state index is 0.156. The van der Waals surface area contributed by atoms with Crippen molar-refractivity contribution in [2.24, 2.45) is 0 Å². The van der Waals surface area contributed by atoms with Gasteiger partial charge in [-0.1, -0.05) is 36.4 Å². The molecule has 0 amide bonds. The van der Waals surface area contributed by atoms with E-state index in [2.05, 4.69) is 4.98 Å². The van der Waals surface area contributed by atoms with Gasteiger partial charge in [0.25, 0.3) is 0 Å². The molecule has 0 bridgehead atoms. The van der Waals surface area contributed by atoms with Gasteiger partial charge < -0.3 is 4.42 Å². The lowest BCUT2D eigenvalue weighted by atomic mass is 10.2. The van der Waals surface area contributed by atoms with Crippen LogP contribution in [0.25, 0.3) is 6.08 Å². The normalized spacial score (nSPS) is 12.0. The van der Waals surface area contributed by atoms with Gasteiger partial charge in [-0.3, -0.25) is 4.98 Å². The molecule has 1 aromatic carbocycles. The van der Waals surface area contributed by atoms with E-state index in [-0.39, 0.29) is 13.1 Å². The van der Waals surface area contributed by atoms with E-state index in [1.165, 1.54) is 16.0 Å². The van der Waals surface area contributed by atoms with E-state index in [1.807, 2.05) is 36.4 Å². The Bertz CT molecular complexity index is 906. The Labute approximate surface area is 147 Å². The molecule has 0 saturated heterocycles. The van der Waals surface area contributed by atoms with Gasteiger partial charge in [-0.15, -0.1) is 0 Å². The number of benzene rings is 1. The number of aromatic nitrogens is 1. The third-order valence-corrected chi connectivity index (χ3v) is 5.04. The Morgan fingerprint density at radius 2 is 1.84 bits per heavy atom. The van der Waals surface area contributed by atoms with Crippen LogP contribution in [0.2, 0.25) is 0 Å². The zero-order valence-corrected chi connectivity index (χ0v) is 14.3. The van der Waals surface area contributed by atoms with Crippen molar-refractivity contribution in [3.63, 3.8) is 0 Å². The average molecular weight is 354 g/mol. The average Bonchev–Trinajstić information content (AvgIpc) is 3.15. The van der Waals surface area contributed by atoms with Crippen LogP contribution >= 0.6 is 0 Å². The van der Waals surface area contributed by atoms with Crippen LogP contribution in [0.15, 0.2) is 83.1 Å². The maximum absolute atomic E-state index is 12.8. The topological polar surface area (TPSA) is 63.4 Å². The lowest BCUT2D eigenvalue weighted by Gasteiger charge is -2.19. The van der Waals surface area contributed by atoms with E-state index in [1.54, 1.807) is 36.7 Å². The van der Waals surface area contributed by atoms with Crippen LogP contribution < -0.4 is 0 Å². The highest BCUT2D eigenvalue weighted by atomic mass is 32.2. The number of hydrogen-bond donors (Lipinski definition) is 0. The van der Waals surface area contributed by atoms with Crippen molar-refractivity contribution < 1.29 is 12.8 Å². The number of pyridine rings is 1. The standard InChI is InChI=1S/C19H18N2O3S/c22-25(23,13-10-17-6-2-1-3-7-17)21(16-19-9-5-12-24-19)15-18-8-4-11-20-14-18/h1-14H,15-16H2/b13-10+. The third-order valence-electron chi connectivity index (χ3n) is 3.59. The fourth-order valence-electron chi connectivity index (χ4n) is 2.32. The highest BCUT2D eigenvalue weighted by Gasteiger charge is 2.21. The molecule has 2 aromatic heterocycles. The maximum atomic E-state index is 12.8. The molecular weight excluding hydrogens is 336 g/mol. The summed E-state index contributed by atoms with van der Waals surface area (Å²) < 4.78 is 32.3. The maximum Gasteiger partial charge on any atom is 0.236 e. The first-order valence-corrected chi connectivity index (χ1v) is 9.28. The summed E-state index contributed by atoms with van der Waals surface area (Å²) in [6.45, 7) is 0.374. The zero-order valence-electron chi connectivity index (χ0n) is 13.5. The quantitative estimate of drug-likeness (QED) is 0.649. The molecule has 0 N–H and O–H groups in total. The summed E-state index contributed by atoms with van der Waals surface area (Å²) in [6.07, 6.45) is 6.44. The van der Waals surface area contributed by atoms with Gasteiger partial charge in [0.1, 0.15) is 5.76 Å². The van der Waals surface area contributed by atoms with Gasteiger partial charge in [-0.2, -0.15) is 4.31 Å². The van der Waals surface area contributed by atoms with Crippen LogP contribution in [0.5, 0.6) is 0 Å². The Morgan fingerprint density at radius 1 is 1.00 bits per heavy atom. The molecule has 0 saturated carbocycles. The lowest BCUT2D eigenvalue weighted by Crippen LogP contribution is -2.28. The molecule has 0 fully saturated rings. The van der Waals surface area contributed by atoms with Gasteiger partial charge in [0.05, 0.1) is 12.8 Å². The smallest absolute Gasteiger partial charge is 0.236 e. The predicted octanol–water partition coefficient (Wildman–Crippen LogP) is 3.68. The first kappa shape index (κ1) is 17.1. The molecule has 5 nitrogen and oxygen atoms in total. The van der Waals surface area contributed by atoms with Crippen LogP contribution in [0, 0.1) is 0 Å². The molecule has 128 valence electrons. The number of sulfonamides is 1. The van der Waals surface area contributed by atoms with Gasteiger partial charge in [-0.25, -0.2) is 8.42 Å². The molecule has 0 aliphatic heterocycles. The van der Waals surface area contributed by atoms with Crippen LogP contribution in [-0.4, -0.2) is 17.7 Å². The summed E-state index contributed by atoms with van der Waals surface area (Å²) in [6, 6.07) is 16.4. The van der Waals surface area contributed by atoms with Crippen molar-refractivity contribution in [3.8, 4) is 0 Å². The number of rotatable bonds is 7. The van der Waals surface area contributed by atoms with Crippen LogP contribution in [0.1, 0.15) is 16.9 Å². The van der Waals surface area contributed by atoms with Crippen molar-refractivity contribution in [3.05, 3.63) is 95.5 Å². The second-order valence-corrected chi connectivity index (χ2v) is 7.29. The Balaban J connectivity index is 1.85. The minimum Gasteiger partial charge on any atom is -0.468 e. The first-order chi connectivity index (χ1) is 12.1. The van der Waals surface area contributed by atoms with Crippen LogP contribution in [0.3, 0.4) is 0 Å². The molecular formula is C19H18N2O3S. The van der Waals surface area contributed by atoms with E-state index in [4.69, 9.17) is 4.42 Å². The molecule has 0 aliphatic rings. The van der Waals surface area contributed by atoms with Crippen molar-refractivity contribution in [1.82, 2.24) is 9.29 Å². The van der Waals surface area contributed by atoms with E-state index < -0.39 is 10.0 Å². The molecule has 2 heterocycles. The molecule has 0 aliphatic carbocycles. The van der Waals surface area contributed by atoms with Gasteiger partial charge >= 0.3 is 0 Å². The third kappa shape index (κ3) is 4.89. The number of furan rings is 1. The first-order valence-electron chi connectivity index (χ1n) is 7.78. The molecule has 0 spiro atoms. The summed E-state index contributed by atoms with van der Waals surface area (Å²) in [7, 11) is -3.63. The van der Waals surface area contributed by atoms with Gasteiger partial charge in [-0.05, 0) is 35.4 Å². The van der Waals surface area contributed by atoms with E-state index in [9.17, 15) is 8.42 Å². The molecule has 6 heteroatoms. The van der Waals surface area contributed by atoms with Gasteiger partial charge in [0.2, 0.25) is 10.0 Å². The summed E-state index contributed by atoms with van der Waals surface area (Å²) in [5.41, 5.74) is 1.64. The summed E-state index contributed by atoms with van der Waals surface area (Å²) in [5, 5.41) is 1.22. The zero-order chi connectivity index (χ0) is 17.5. The molecule has 3 rings (SSSR count). The summed E-state index contributed by atoms with van der Waals surface area (Å²) in [4.78, 5) is 4.05. The Hall–Kier alpha value is -2.70. The molecule has 0 radical (unpaired) electrons. The molecule has 25 heavy (non-hydrogen) atoms. The summed E-state index contributed by atoms with van der Waals surface area (Å²) >= 11 is 0. The number of nitrogens with zero attached hydrogens (tertiary/aromatic N) is 2. The second-order valence-electron chi connectivity index (χ2n) is 5.47. The predicted molar refractivity (Wildman–Crippen MR) is 96.6 cm³/mol. The van der Waals surface area contributed by atoms with Crippen molar-refractivity contribution in [1.29, 1.82) is 0 Å². The molecule has 3 aromatic rings. The largest absolute Gasteiger partial charge is 0.468 e. The summed E-state index contributed by atoms with van der Waals surface area (Å²) in [5.74, 6) is 0.584. The van der Waals surface area contributed by atoms with Crippen LogP contribution in [-0.2, 0) is 23.1 Å². The number of hydrogen-bond acceptors (Lipinski definition) is 4. The van der Waals surface area contributed by atoms with Crippen molar-refractivity contribution >= 4 is 16.1 Å². The van der Waals surface area contributed by atoms with Crippen molar-refractivity contribution in [2.45, 2.75) is 13.1 Å².